The van der Waals surface area contributed by atoms with Crippen LogP contribution in [0.4, 0.5) is 0 Å². The first-order valence-electron chi connectivity index (χ1n) is 5.88. The van der Waals surface area contributed by atoms with E-state index in [1.54, 1.807) is 12.1 Å². The second-order valence-electron chi connectivity index (χ2n) is 3.87. The molecule has 0 spiro atoms. The lowest BCUT2D eigenvalue weighted by atomic mass is 10.2. The van der Waals surface area contributed by atoms with E-state index >= 15 is 0 Å². The minimum Gasteiger partial charge on any atom is -0.293 e. The molecule has 2 aromatic rings. The van der Waals surface area contributed by atoms with Crippen molar-refractivity contribution < 1.29 is 9.59 Å². The molecule has 0 aliphatic heterocycles. The lowest BCUT2D eigenvalue weighted by Crippen LogP contribution is -1.97. The third kappa shape index (κ3) is 5.58. The summed E-state index contributed by atoms with van der Waals surface area (Å²) >= 11 is 5.49. The number of ketones is 2. The summed E-state index contributed by atoms with van der Waals surface area (Å²) in [6, 6.07) is 3.04. The first-order valence-corrected chi connectivity index (χ1v) is 6.25. The molecule has 0 N–H and O–H groups in total. The second-order valence-corrected chi connectivity index (χ2v) is 4.26. The van der Waals surface area contributed by atoms with Gasteiger partial charge in [-0.2, -0.15) is 0 Å². The molecular formula is C14H13ClN4O2. The smallest absolute Gasteiger partial charge is 0.178 e. The first-order chi connectivity index (χ1) is 9.93. The van der Waals surface area contributed by atoms with Gasteiger partial charge < -0.3 is 0 Å². The van der Waals surface area contributed by atoms with Crippen LogP contribution in [0.2, 0.25) is 5.15 Å². The lowest BCUT2D eigenvalue weighted by Gasteiger charge is -1.93. The van der Waals surface area contributed by atoms with Gasteiger partial charge in [0.25, 0.3) is 0 Å². The highest BCUT2D eigenvalue weighted by Gasteiger charge is 2.00. The first kappa shape index (κ1) is 16.6. The second kappa shape index (κ2) is 7.96. The molecule has 0 bridgehead atoms. The molecule has 7 heteroatoms. The fraction of sp³-hybridized carbons (Fsp3) is 0.143. The molecule has 21 heavy (non-hydrogen) atoms. The van der Waals surface area contributed by atoms with E-state index in [2.05, 4.69) is 26.5 Å². The Labute approximate surface area is 126 Å². The lowest BCUT2D eigenvalue weighted by molar-refractivity contribution is 0.1000. The molecular weight excluding hydrogens is 292 g/mol. The fourth-order valence-electron chi connectivity index (χ4n) is 1.20. The number of carbonyl (C=O) groups excluding carboxylic acids is 2. The van der Waals surface area contributed by atoms with Gasteiger partial charge >= 0.3 is 0 Å². The van der Waals surface area contributed by atoms with Gasteiger partial charge in [-0.15, -0.1) is 0 Å². The van der Waals surface area contributed by atoms with E-state index in [0.717, 1.165) is 0 Å². The van der Waals surface area contributed by atoms with Gasteiger partial charge in [0, 0.05) is 19.9 Å². The number of carbonyl (C=O) groups is 2. The topological polar surface area (TPSA) is 85.7 Å². The summed E-state index contributed by atoms with van der Waals surface area (Å²) in [7, 11) is 0. The van der Waals surface area contributed by atoms with Gasteiger partial charge in [-0.1, -0.05) is 18.2 Å². The minimum atomic E-state index is -0.107. The van der Waals surface area contributed by atoms with Crippen molar-refractivity contribution in [1.82, 2.24) is 19.9 Å². The Morgan fingerprint density at radius 2 is 1.52 bits per heavy atom. The number of halogens is 1. The van der Waals surface area contributed by atoms with Crippen molar-refractivity contribution in [3.63, 3.8) is 0 Å². The number of rotatable bonds is 3. The Morgan fingerprint density at radius 3 is 1.95 bits per heavy atom. The monoisotopic (exact) mass is 304 g/mol. The van der Waals surface area contributed by atoms with E-state index in [1.807, 2.05) is 0 Å². The van der Waals surface area contributed by atoms with Gasteiger partial charge in [-0.25, -0.2) is 19.9 Å². The Hall–Kier alpha value is -2.47. The molecule has 0 atom stereocenters. The molecule has 0 fully saturated rings. The summed E-state index contributed by atoms with van der Waals surface area (Å²) < 4.78 is 0. The van der Waals surface area contributed by atoms with Crippen LogP contribution >= 0.6 is 11.6 Å². The van der Waals surface area contributed by atoms with Crippen LogP contribution in [0.25, 0.3) is 6.08 Å². The number of hydrogen-bond donors (Lipinski definition) is 0. The summed E-state index contributed by atoms with van der Waals surface area (Å²) in [6.45, 7) is 6.43. The Balaban J connectivity index is 0.000000211. The Kier molecular flexibility index (Phi) is 6.29. The van der Waals surface area contributed by atoms with E-state index in [9.17, 15) is 9.59 Å². The highest BCUT2D eigenvalue weighted by atomic mass is 35.5. The van der Waals surface area contributed by atoms with Crippen molar-refractivity contribution in [2.24, 2.45) is 0 Å². The van der Waals surface area contributed by atoms with Crippen LogP contribution in [0, 0.1) is 0 Å². The largest absolute Gasteiger partial charge is 0.293 e. The quantitative estimate of drug-likeness (QED) is 0.640. The van der Waals surface area contributed by atoms with Crippen LogP contribution < -0.4 is 0 Å². The SMILES string of the molecule is C=Cc1cc(C(C)=O)ncn1.CC(=O)c1cc(Cl)ncn1. The van der Waals surface area contributed by atoms with E-state index in [1.165, 1.54) is 32.6 Å². The van der Waals surface area contributed by atoms with Crippen molar-refractivity contribution in [2.75, 3.05) is 0 Å². The van der Waals surface area contributed by atoms with Crippen molar-refractivity contribution in [1.29, 1.82) is 0 Å². The average molecular weight is 305 g/mol. The van der Waals surface area contributed by atoms with E-state index in [0.29, 0.717) is 22.2 Å². The summed E-state index contributed by atoms with van der Waals surface area (Å²) in [5.74, 6) is -0.167. The van der Waals surface area contributed by atoms with Gasteiger partial charge in [0.1, 0.15) is 29.2 Å². The summed E-state index contributed by atoms with van der Waals surface area (Å²) in [4.78, 5) is 36.4. The standard InChI is InChI=1S/C8H8N2O.C6H5ClN2O/c1-3-7-4-8(6(2)11)10-5-9-7;1-4(10)5-2-6(7)9-3-8-5/h3-5H,1H2,2H3;2-3H,1H3. The van der Waals surface area contributed by atoms with Crippen molar-refractivity contribution in [3.8, 4) is 0 Å². The maximum absolute atomic E-state index is 10.8. The molecule has 2 aromatic heterocycles. The fourth-order valence-corrected chi connectivity index (χ4v) is 1.35. The zero-order valence-corrected chi connectivity index (χ0v) is 12.3. The molecule has 0 saturated heterocycles. The maximum atomic E-state index is 10.8. The third-order valence-electron chi connectivity index (χ3n) is 2.25. The zero-order valence-electron chi connectivity index (χ0n) is 11.6. The van der Waals surface area contributed by atoms with Crippen LogP contribution in [0.1, 0.15) is 40.5 Å². The zero-order chi connectivity index (χ0) is 15.8. The van der Waals surface area contributed by atoms with Crippen LogP contribution in [0.5, 0.6) is 0 Å². The van der Waals surface area contributed by atoms with Crippen molar-refractivity contribution in [2.45, 2.75) is 13.8 Å². The molecule has 0 amide bonds. The predicted octanol–water partition coefficient (Wildman–Crippen LogP) is 2.65. The molecule has 2 rings (SSSR count). The van der Waals surface area contributed by atoms with E-state index < -0.39 is 0 Å². The maximum Gasteiger partial charge on any atom is 0.178 e. The molecule has 108 valence electrons. The van der Waals surface area contributed by atoms with Gasteiger partial charge in [0.2, 0.25) is 0 Å². The highest BCUT2D eigenvalue weighted by Crippen LogP contribution is 2.03. The molecule has 6 nitrogen and oxygen atoms in total. The van der Waals surface area contributed by atoms with Crippen molar-refractivity contribution >= 4 is 29.2 Å². The third-order valence-corrected chi connectivity index (χ3v) is 2.46. The summed E-state index contributed by atoms with van der Waals surface area (Å²) in [6.07, 6.45) is 4.20. The Morgan fingerprint density at radius 1 is 1.00 bits per heavy atom. The number of Topliss-reactive ketones (excluding diaryl/α,β-unsaturated/α-hetero) is 2. The van der Waals surface area contributed by atoms with Gasteiger partial charge in [-0.3, -0.25) is 9.59 Å². The number of aromatic nitrogens is 4. The highest BCUT2D eigenvalue weighted by molar-refractivity contribution is 6.29. The van der Waals surface area contributed by atoms with Gasteiger partial charge in [0.15, 0.2) is 11.6 Å². The van der Waals surface area contributed by atoms with E-state index in [-0.39, 0.29) is 11.6 Å². The van der Waals surface area contributed by atoms with Crippen molar-refractivity contribution in [3.05, 3.63) is 53.6 Å². The number of nitrogens with zero attached hydrogens (tertiary/aromatic N) is 4. The van der Waals surface area contributed by atoms with E-state index in [4.69, 9.17) is 11.6 Å². The average Bonchev–Trinajstić information content (AvgIpc) is 2.48. The van der Waals surface area contributed by atoms with Crippen LogP contribution in [0.15, 0.2) is 31.4 Å². The summed E-state index contributed by atoms with van der Waals surface area (Å²) in [5, 5.41) is 0.292. The van der Waals surface area contributed by atoms with Crippen LogP contribution in [0.3, 0.4) is 0 Å². The molecule has 0 unspecified atom stereocenters. The molecule has 0 aromatic carbocycles. The molecule has 0 saturated carbocycles. The molecule has 0 radical (unpaired) electrons. The minimum absolute atomic E-state index is 0.0597. The van der Waals surface area contributed by atoms with Crippen LogP contribution in [-0.4, -0.2) is 31.5 Å². The van der Waals surface area contributed by atoms with Gasteiger partial charge in [-0.05, 0) is 12.1 Å². The molecule has 0 aliphatic rings. The normalized spacial score (nSPS) is 9.29. The predicted molar refractivity (Wildman–Crippen MR) is 79.2 cm³/mol. The molecule has 2 heterocycles. The van der Waals surface area contributed by atoms with Gasteiger partial charge in [0.05, 0.1) is 5.69 Å². The van der Waals surface area contributed by atoms with Crippen LogP contribution in [-0.2, 0) is 0 Å². The molecule has 0 aliphatic carbocycles. The summed E-state index contributed by atoms with van der Waals surface area (Å²) in [5.41, 5.74) is 1.44. The Bertz CT molecular complexity index is 674. The number of hydrogen-bond acceptors (Lipinski definition) is 6.